The van der Waals surface area contributed by atoms with Gasteiger partial charge in [-0.05, 0) is 37.5 Å². The van der Waals surface area contributed by atoms with Crippen LogP contribution < -0.4 is 0 Å². The Bertz CT molecular complexity index is 339. The van der Waals surface area contributed by atoms with Crippen LogP contribution in [0.25, 0.3) is 0 Å². The fraction of sp³-hybridized carbons (Fsp3) is 0.867. The van der Waals surface area contributed by atoms with Crippen LogP contribution in [0.4, 0.5) is 0 Å². The van der Waals surface area contributed by atoms with E-state index in [1.54, 1.807) is 0 Å². The Hall–Kier alpha value is -0.380. The molecule has 2 aliphatic carbocycles. The van der Waals surface area contributed by atoms with E-state index in [0.717, 1.165) is 25.7 Å². The van der Waals surface area contributed by atoms with Crippen LogP contribution in [0.2, 0.25) is 0 Å². The lowest BCUT2D eigenvalue weighted by molar-refractivity contribution is -0.116. The Morgan fingerprint density at radius 2 is 1.94 bits per heavy atom. The van der Waals surface area contributed by atoms with Crippen molar-refractivity contribution in [1.82, 2.24) is 0 Å². The van der Waals surface area contributed by atoms with Crippen LogP contribution in [0.3, 0.4) is 0 Å². The number of aliphatic hydroxyl groups excluding tert-OH is 3. The van der Waals surface area contributed by atoms with Crippen molar-refractivity contribution < 1.29 is 15.3 Å². The third-order valence-electron chi connectivity index (χ3n) is 5.68. The Balaban J connectivity index is 2.44. The Morgan fingerprint density at radius 3 is 2.50 bits per heavy atom. The van der Waals surface area contributed by atoms with Gasteiger partial charge in [0, 0.05) is 24.5 Å². The predicted molar refractivity (Wildman–Crippen MR) is 71.0 cm³/mol. The highest BCUT2D eigenvalue weighted by Gasteiger charge is 2.55. The van der Waals surface area contributed by atoms with E-state index in [1.807, 2.05) is 0 Å². The van der Waals surface area contributed by atoms with E-state index in [4.69, 9.17) is 0 Å². The van der Waals surface area contributed by atoms with Crippen molar-refractivity contribution in [1.29, 1.82) is 0 Å². The molecule has 2 aliphatic rings. The number of aliphatic hydroxyl groups is 3. The summed E-state index contributed by atoms with van der Waals surface area (Å²) >= 11 is 0. The molecule has 3 heteroatoms. The van der Waals surface area contributed by atoms with Gasteiger partial charge in [0.2, 0.25) is 0 Å². The first-order chi connectivity index (χ1) is 8.54. The summed E-state index contributed by atoms with van der Waals surface area (Å²) in [4.78, 5) is 0. The predicted octanol–water partition coefficient (Wildman–Crippen LogP) is 1.72. The van der Waals surface area contributed by atoms with Gasteiger partial charge < -0.3 is 15.3 Å². The lowest BCUT2D eigenvalue weighted by atomic mass is 9.48. The molecule has 3 N–H and O–H groups in total. The van der Waals surface area contributed by atoms with Crippen LogP contribution in [-0.4, -0.2) is 35.1 Å². The molecule has 0 spiro atoms. The second kappa shape index (κ2) is 4.95. The third kappa shape index (κ3) is 1.84. The van der Waals surface area contributed by atoms with Crippen molar-refractivity contribution in [3.63, 3.8) is 0 Å². The summed E-state index contributed by atoms with van der Waals surface area (Å²) < 4.78 is 0. The minimum atomic E-state index is -0.233. The third-order valence-corrected chi connectivity index (χ3v) is 5.68. The van der Waals surface area contributed by atoms with Gasteiger partial charge in [-0.15, -0.1) is 0 Å². The summed E-state index contributed by atoms with van der Waals surface area (Å²) in [5.74, 6) is 0.321. The van der Waals surface area contributed by atoms with Crippen LogP contribution in [0.1, 0.15) is 39.5 Å². The molecule has 3 nitrogen and oxygen atoms in total. The van der Waals surface area contributed by atoms with Crippen molar-refractivity contribution in [3.8, 4) is 0 Å². The first-order valence-electron chi connectivity index (χ1n) is 7.03. The summed E-state index contributed by atoms with van der Waals surface area (Å²) in [6.07, 6.45) is 6.11. The average Bonchev–Trinajstić information content (AvgIpc) is 2.38. The van der Waals surface area contributed by atoms with Crippen LogP contribution in [-0.2, 0) is 0 Å². The van der Waals surface area contributed by atoms with E-state index in [2.05, 4.69) is 19.9 Å². The van der Waals surface area contributed by atoms with Crippen LogP contribution >= 0.6 is 0 Å². The molecule has 1 saturated carbocycles. The van der Waals surface area contributed by atoms with Gasteiger partial charge in [0.05, 0.1) is 6.61 Å². The molecule has 18 heavy (non-hydrogen) atoms. The number of rotatable bonds is 3. The fourth-order valence-electron chi connectivity index (χ4n) is 4.51. The number of hydrogen-bond donors (Lipinski definition) is 3. The second-order valence-corrected chi connectivity index (χ2v) is 6.53. The molecule has 0 radical (unpaired) electrons. The van der Waals surface area contributed by atoms with E-state index in [1.165, 1.54) is 5.57 Å². The minimum Gasteiger partial charge on any atom is -0.396 e. The highest BCUT2D eigenvalue weighted by molar-refractivity contribution is 5.19. The van der Waals surface area contributed by atoms with Crippen molar-refractivity contribution in [3.05, 3.63) is 11.6 Å². The summed E-state index contributed by atoms with van der Waals surface area (Å²) in [5.41, 5.74) is 0.847. The maximum Gasteiger partial charge on any atom is 0.0502 e. The van der Waals surface area contributed by atoms with E-state index in [0.29, 0.717) is 0 Å². The van der Waals surface area contributed by atoms with Gasteiger partial charge in [-0.25, -0.2) is 0 Å². The normalized spacial score (nSPS) is 44.4. The topological polar surface area (TPSA) is 60.7 Å². The SMILES string of the molecule is CC1=CCC2C(C)(CO)CCCC2(CO)C1CO. The van der Waals surface area contributed by atoms with Gasteiger partial charge in [0.25, 0.3) is 0 Å². The second-order valence-electron chi connectivity index (χ2n) is 6.53. The molecular formula is C15H26O3. The molecule has 0 amide bonds. The van der Waals surface area contributed by atoms with Crippen molar-refractivity contribution in [2.45, 2.75) is 39.5 Å². The van der Waals surface area contributed by atoms with Gasteiger partial charge in [0.15, 0.2) is 0 Å². The molecule has 0 aromatic heterocycles. The van der Waals surface area contributed by atoms with E-state index in [9.17, 15) is 15.3 Å². The lowest BCUT2D eigenvalue weighted by Gasteiger charge is -2.57. The zero-order valence-electron chi connectivity index (χ0n) is 11.5. The quantitative estimate of drug-likeness (QED) is 0.672. The van der Waals surface area contributed by atoms with Crippen LogP contribution in [0.5, 0.6) is 0 Å². The minimum absolute atomic E-state index is 0.0485. The standard InChI is InChI=1S/C15H26O3/c1-11-4-5-13-14(2,9-17)6-3-7-15(13,10-18)12(11)8-16/h4,12-13,16-18H,3,5-10H2,1-2H3. The Kier molecular flexibility index (Phi) is 3.86. The summed E-state index contributed by atoms with van der Waals surface area (Å²) in [5, 5.41) is 29.5. The van der Waals surface area contributed by atoms with Gasteiger partial charge >= 0.3 is 0 Å². The number of fused-ring (bicyclic) bond motifs is 1. The summed E-state index contributed by atoms with van der Waals surface area (Å²) in [6.45, 7) is 4.57. The summed E-state index contributed by atoms with van der Waals surface area (Å²) in [6, 6.07) is 0. The largest absolute Gasteiger partial charge is 0.396 e. The smallest absolute Gasteiger partial charge is 0.0502 e. The molecule has 0 bridgehead atoms. The molecule has 1 fully saturated rings. The van der Waals surface area contributed by atoms with Crippen LogP contribution in [0.15, 0.2) is 11.6 Å². The lowest BCUT2D eigenvalue weighted by Crippen LogP contribution is -2.55. The van der Waals surface area contributed by atoms with Gasteiger partial charge in [-0.1, -0.05) is 25.0 Å². The molecule has 4 atom stereocenters. The molecule has 0 saturated heterocycles. The van der Waals surface area contributed by atoms with E-state index >= 15 is 0 Å². The Morgan fingerprint density at radius 1 is 1.22 bits per heavy atom. The highest BCUT2D eigenvalue weighted by Crippen LogP contribution is 2.59. The zero-order valence-corrected chi connectivity index (χ0v) is 11.5. The van der Waals surface area contributed by atoms with E-state index in [-0.39, 0.29) is 42.5 Å². The maximum atomic E-state index is 10.0. The first kappa shape index (κ1) is 14.0. The van der Waals surface area contributed by atoms with Gasteiger partial charge in [0.1, 0.15) is 0 Å². The number of hydrogen-bond acceptors (Lipinski definition) is 3. The molecule has 0 aromatic carbocycles. The molecular weight excluding hydrogens is 228 g/mol. The monoisotopic (exact) mass is 254 g/mol. The zero-order chi connectivity index (χ0) is 13.4. The van der Waals surface area contributed by atoms with Crippen LogP contribution in [0, 0.1) is 22.7 Å². The van der Waals surface area contributed by atoms with Crippen molar-refractivity contribution in [2.75, 3.05) is 19.8 Å². The molecule has 0 aliphatic heterocycles. The molecule has 104 valence electrons. The highest BCUT2D eigenvalue weighted by atomic mass is 16.3. The van der Waals surface area contributed by atoms with Gasteiger partial charge in [-0.2, -0.15) is 0 Å². The van der Waals surface area contributed by atoms with Crippen molar-refractivity contribution >= 4 is 0 Å². The maximum absolute atomic E-state index is 10.0. The first-order valence-corrected chi connectivity index (χ1v) is 7.03. The van der Waals surface area contributed by atoms with Gasteiger partial charge in [-0.3, -0.25) is 0 Å². The molecule has 0 aromatic rings. The molecule has 2 rings (SSSR count). The fourth-order valence-corrected chi connectivity index (χ4v) is 4.51. The number of allylic oxidation sites excluding steroid dienone is 1. The average molecular weight is 254 g/mol. The molecule has 0 heterocycles. The molecule has 4 unspecified atom stereocenters. The van der Waals surface area contributed by atoms with E-state index < -0.39 is 0 Å². The summed E-state index contributed by atoms with van der Waals surface area (Å²) in [7, 11) is 0. The van der Waals surface area contributed by atoms with Crippen molar-refractivity contribution in [2.24, 2.45) is 22.7 Å². The Labute approximate surface area is 110 Å².